The molecule has 3 fully saturated rings. The van der Waals surface area contributed by atoms with Crippen LogP contribution in [0, 0.1) is 11.8 Å². The molecule has 2 aromatic rings. The predicted molar refractivity (Wildman–Crippen MR) is 106 cm³/mol. The highest BCUT2D eigenvalue weighted by atomic mass is 35.5. The summed E-state index contributed by atoms with van der Waals surface area (Å²) in [5.41, 5.74) is 5.70. The highest BCUT2D eigenvalue weighted by Gasteiger charge is 2.68. The van der Waals surface area contributed by atoms with Gasteiger partial charge in [0.1, 0.15) is 5.75 Å². The Kier molecular flexibility index (Phi) is 5.35. The van der Waals surface area contributed by atoms with Gasteiger partial charge in [0, 0.05) is 18.8 Å². The van der Waals surface area contributed by atoms with Crippen LogP contribution in [0.1, 0.15) is 12.8 Å². The third kappa shape index (κ3) is 3.28. The number of hydrogen-bond acceptors (Lipinski definition) is 8. The number of nitrogens with one attached hydrogen (secondary N) is 2. The Morgan fingerprint density at radius 2 is 2.20 bits per heavy atom. The summed E-state index contributed by atoms with van der Waals surface area (Å²) in [6.07, 6.45) is 1.38. The number of tetrazole rings is 1. The molecule has 30 heavy (non-hydrogen) atoms. The highest BCUT2D eigenvalue weighted by Crippen LogP contribution is 2.55. The summed E-state index contributed by atoms with van der Waals surface area (Å²) in [7, 11) is 0. The first kappa shape index (κ1) is 20.5. The Balaban J connectivity index is 0.00000218. The van der Waals surface area contributed by atoms with Gasteiger partial charge < -0.3 is 25.4 Å². The third-order valence-corrected chi connectivity index (χ3v) is 5.96. The molecule has 2 bridgehead atoms. The van der Waals surface area contributed by atoms with Gasteiger partial charge in [0.15, 0.2) is 0 Å². The minimum absolute atomic E-state index is 0. The molecule has 12 heteroatoms. The molecule has 3 saturated heterocycles. The van der Waals surface area contributed by atoms with E-state index in [4.69, 9.17) is 15.2 Å². The largest absolute Gasteiger partial charge is 0.422 e. The summed E-state index contributed by atoms with van der Waals surface area (Å²) >= 11 is 0. The van der Waals surface area contributed by atoms with Crippen molar-refractivity contribution >= 4 is 29.9 Å². The van der Waals surface area contributed by atoms with E-state index in [2.05, 4.69) is 25.9 Å². The van der Waals surface area contributed by atoms with Gasteiger partial charge in [-0.1, -0.05) is 10.2 Å². The molecule has 1 aromatic heterocycles. The lowest BCUT2D eigenvalue weighted by molar-refractivity contribution is -0.136. The van der Waals surface area contributed by atoms with Crippen molar-refractivity contribution in [1.29, 1.82) is 0 Å². The van der Waals surface area contributed by atoms with Gasteiger partial charge in [-0.05, 0) is 42.3 Å². The molecule has 4 heterocycles. The van der Waals surface area contributed by atoms with E-state index in [1.807, 2.05) is 0 Å². The highest BCUT2D eigenvalue weighted by molar-refractivity contribution is 5.98. The molecule has 0 unspecified atom stereocenters. The number of carbonyl (C=O) groups excluding carboxylic acids is 2. The number of halogens is 1. The van der Waals surface area contributed by atoms with Crippen LogP contribution in [0.2, 0.25) is 0 Å². The van der Waals surface area contributed by atoms with Crippen molar-refractivity contribution in [3.8, 4) is 11.8 Å². The Hall–Kier alpha value is -2.76. The number of likely N-dealkylation sites (tertiary alicyclic amines) is 1. The minimum atomic E-state index is -0.540. The number of aromatic nitrogens is 4. The lowest BCUT2D eigenvalue weighted by Gasteiger charge is -2.27. The van der Waals surface area contributed by atoms with Gasteiger partial charge in [0.05, 0.1) is 30.1 Å². The van der Waals surface area contributed by atoms with E-state index >= 15 is 0 Å². The molecule has 160 valence electrons. The first-order valence-corrected chi connectivity index (χ1v) is 9.58. The number of H-pyrrole nitrogens is 1. The molecule has 4 atom stereocenters. The maximum Gasteiger partial charge on any atom is 0.361 e. The fourth-order valence-corrected chi connectivity index (χ4v) is 4.82. The number of ether oxygens (including phenoxy) is 2. The number of amides is 2. The van der Waals surface area contributed by atoms with Gasteiger partial charge in [0.25, 0.3) is 0 Å². The van der Waals surface area contributed by atoms with Crippen LogP contribution in [0.3, 0.4) is 0 Å². The molecule has 1 aromatic carbocycles. The van der Waals surface area contributed by atoms with E-state index in [1.165, 1.54) is 0 Å². The maximum atomic E-state index is 13.0. The van der Waals surface area contributed by atoms with Crippen LogP contribution in [0.25, 0.3) is 0 Å². The number of rotatable bonds is 6. The Morgan fingerprint density at radius 1 is 1.40 bits per heavy atom. The van der Waals surface area contributed by atoms with E-state index in [9.17, 15) is 9.59 Å². The molecular formula is C18H22ClN7O4. The smallest absolute Gasteiger partial charge is 0.361 e. The fraction of sp³-hybridized carbons (Fsp3) is 0.500. The zero-order valence-electron chi connectivity index (χ0n) is 16.0. The maximum absolute atomic E-state index is 13.0. The van der Waals surface area contributed by atoms with Crippen molar-refractivity contribution < 1.29 is 19.1 Å². The van der Waals surface area contributed by atoms with E-state index in [0.717, 1.165) is 12.8 Å². The number of nitrogens with two attached hydrogens (primary N) is 1. The lowest BCUT2D eigenvalue weighted by Crippen LogP contribution is -2.43. The van der Waals surface area contributed by atoms with Crippen LogP contribution in [0.5, 0.6) is 11.8 Å². The Labute approximate surface area is 178 Å². The van der Waals surface area contributed by atoms with Gasteiger partial charge in [-0.2, -0.15) is 5.21 Å². The normalized spacial score (nSPS) is 28.9. The van der Waals surface area contributed by atoms with E-state index in [0.29, 0.717) is 31.1 Å². The van der Waals surface area contributed by atoms with Crippen molar-refractivity contribution in [2.75, 3.05) is 25.0 Å². The van der Waals surface area contributed by atoms with Crippen LogP contribution in [-0.4, -0.2) is 68.7 Å². The number of carbonyl (C=O) groups is 2. The molecule has 11 nitrogen and oxygen atoms in total. The standard InChI is InChI=1S/C18H21N7O4.ClH/c19-7-8-25-9-18-6-5-12(29-18)13(14(18)16(25)27)15(26)20-10-1-3-11(4-2-10)28-17-21-23-24-22-17;/h1-4,12-14H,5-9,19H2,(H,20,26)(H,21,22,23,24);1H/t12-,13-,14+,18-;/m0./s1. The average molecular weight is 436 g/mol. The molecule has 3 aliphatic heterocycles. The van der Waals surface area contributed by atoms with Crippen molar-refractivity contribution in [3.05, 3.63) is 24.3 Å². The Bertz CT molecular complexity index is 925. The number of benzene rings is 1. The monoisotopic (exact) mass is 435 g/mol. The summed E-state index contributed by atoms with van der Waals surface area (Å²) < 4.78 is 11.6. The van der Waals surface area contributed by atoms with Gasteiger partial charge in [0.2, 0.25) is 11.8 Å². The summed E-state index contributed by atoms with van der Waals surface area (Å²) in [5.74, 6) is -0.643. The second-order valence-corrected chi connectivity index (χ2v) is 7.62. The summed E-state index contributed by atoms with van der Waals surface area (Å²) in [5, 5.41) is 16.1. The molecule has 0 saturated carbocycles. The van der Waals surface area contributed by atoms with Crippen LogP contribution in [0.15, 0.2) is 24.3 Å². The zero-order chi connectivity index (χ0) is 20.0. The molecule has 5 rings (SSSR count). The van der Waals surface area contributed by atoms with Crippen LogP contribution in [-0.2, 0) is 14.3 Å². The van der Waals surface area contributed by atoms with Crippen LogP contribution in [0.4, 0.5) is 5.69 Å². The first-order valence-electron chi connectivity index (χ1n) is 9.58. The van der Waals surface area contributed by atoms with Crippen molar-refractivity contribution in [2.45, 2.75) is 24.5 Å². The first-order chi connectivity index (χ1) is 14.1. The molecule has 1 spiro atoms. The predicted octanol–water partition coefficient (Wildman–Crippen LogP) is 0.317. The van der Waals surface area contributed by atoms with E-state index in [-0.39, 0.29) is 36.3 Å². The second-order valence-electron chi connectivity index (χ2n) is 7.62. The Morgan fingerprint density at radius 3 is 2.90 bits per heavy atom. The van der Waals surface area contributed by atoms with Gasteiger partial charge in [-0.3, -0.25) is 9.59 Å². The molecular weight excluding hydrogens is 414 g/mol. The van der Waals surface area contributed by atoms with E-state index in [1.54, 1.807) is 29.2 Å². The second kappa shape index (κ2) is 7.82. The van der Waals surface area contributed by atoms with Crippen LogP contribution >= 0.6 is 12.4 Å². The zero-order valence-corrected chi connectivity index (χ0v) is 16.8. The average Bonchev–Trinajstić information content (AvgIpc) is 3.47. The van der Waals surface area contributed by atoms with Gasteiger partial charge >= 0.3 is 6.01 Å². The van der Waals surface area contributed by atoms with Crippen LogP contribution < -0.4 is 15.8 Å². The molecule has 3 aliphatic rings. The summed E-state index contributed by atoms with van der Waals surface area (Å²) in [6, 6.07) is 6.92. The number of aromatic amines is 1. The quantitative estimate of drug-likeness (QED) is 0.587. The van der Waals surface area contributed by atoms with Gasteiger partial charge in [-0.25, -0.2) is 0 Å². The summed E-state index contributed by atoms with van der Waals surface area (Å²) in [6.45, 7) is 1.41. The van der Waals surface area contributed by atoms with Gasteiger partial charge in [-0.15, -0.1) is 12.4 Å². The van der Waals surface area contributed by atoms with Crippen molar-refractivity contribution in [2.24, 2.45) is 17.6 Å². The fourth-order valence-electron chi connectivity index (χ4n) is 4.82. The number of anilines is 1. The topological polar surface area (TPSA) is 148 Å². The number of hydrogen-bond donors (Lipinski definition) is 3. The molecule has 4 N–H and O–H groups in total. The minimum Gasteiger partial charge on any atom is -0.422 e. The van der Waals surface area contributed by atoms with E-state index < -0.39 is 17.4 Å². The summed E-state index contributed by atoms with van der Waals surface area (Å²) in [4.78, 5) is 27.7. The SMILES string of the molecule is Cl.NCCN1C[C@]23CC[C@H](O2)[C@H](C(=O)Nc2ccc(Oc4nn[nH]n4)cc2)[C@@H]3C1=O. The van der Waals surface area contributed by atoms with Crippen molar-refractivity contribution in [1.82, 2.24) is 25.5 Å². The molecule has 0 aliphatic carbocycles. The van der Waals surface area contributed by atoms with Crippen molar-refractivity contribution in [3.63, 3.8) is 0 Å². The molecule has 0 radical (unpaired) electrons. The lowest BCUT2D eigenvalue weighted by atomic mass is 9.73. The third-order valence-electron chi connectivity index (χ3n) is 5.96. The number of nitrogens with zero attached hydrogens (tertiary/aromatic N) is 4. The number of fused-ring (bicyclic) bond motifs is 1. The molecule has 2 amide bonds.